The summed E-state index contributed by atoms with van der Waals surface area (Å²) in [6.07, 6.45) is 6.86. The van der Waals surface area contributed by atoms with Gasteiger partial charge in [0.05, 0.1) is 24.7 Å². The molecule has 4 heteroatoms. The lowest BCUT2D eigenvalue weighted by molar-refractivity contribution is -0.163. The highest BCUT2D eigenvalue weighted by atomic mass is 16.5. The van der Waals surface area contributed by atoms with Gasteiger partial charge in [-0.3, -0.25) is 4.79 Å². The highest BCUT2D eigenvalue weighted by Gasteiger charge is 2.42. The third-order valence-electron chi connectivity index (χ3n) is 4.17. The van der Waals surface area contributed by atoms with E-state index in [4.69, 9.17) is 9.47 Å². The van der Waals surface area contributed by atoms with E-state index in [9.17, 15) is 4.79 Å². The standard InChI is InChI=1S/C14H25NO3/c1-2-17-13(16)14(7-9-15-10-8-14)11-18-12-5-3-4-6-12/h12,15H,2-11H2,1H3. The number of nitrogens with one attached hydrogen (secondary N) is 1. The Hall–Kier alpha value is -0.610. The molecule has 18 heavy (non-hydrogen) atoms. The van der Waals surface area contributed by atoms with Gasteiger partial charge in [-0.25, -0.2) is 0 Å². The maximum atomic E-state index is 12.2. The Morgan fingerprint density at radius 2 is 1.94 bits per heavy atom. The number of rotatable bonds is 5. The topological polar surface area (TPSA) is 47.6 Å². The molecule has 104 valence electrons. The molecule has 0 unspecified atom stereocenters. The van der Waals surface area contributed by atoms with Crippen molar-refractivity contribution in [2.24, 2.45) is 5.41 Å². The Labute approximate surface area is 109 Å². The summed E-state index contributed by atoms with van der Waals surface area (Å²) in [4.78, 5) is 12.2. The average molecular weight is 255 g/mol. The van der Waals surface area contributed by atoms with Crippen molar-refractivity contribution in [3.63, 3.8) is 0 Å². The fourth-order valence-electron chi connectivity index (χ4n) is 2.93. The lowest BCUT2D eigenvalue weighted by atomic mass is 9.79. The Bertz CT molecular complexity index is 268. The number of carbonyl (C=O) groups excluding carboxylic acids is 1. The van der Waals surface area contributed by atoms with Gasteiger partial charge in [0.2, 0.25) is 0 Å². The zero-order valence-corrected chi connectivity index (χ0v) is 11.4. The van der Waals surface area contributed by atoms with E-state index in [1.807, 2.05) is 6.92 Å². The van der Waals surface area contributed by atoms with E-state index in [1.165, 1.54) is 12.8 Å². The van der Waals surface area contributed by atoms with E-state index < -0.39 is 5.41 Å². The van der Waals surface area contributed by atoms with Gasteiger partial charge in [-0.2, -0.15) is 0 Å². The molecule has 1 N–H and O–H groups in total. The van der Waals surface area contributed by atoms with E-state index in [2.05, 4.69) is 5.32 Å². The van der Waals surface area contributed by atoms with Gasteiger partial charge in [-0.05, 0) is 45.7 Å². The second-order valence-corrected chi connectivity index (χ2v) is 5.47. The monoisotopic (exact) mass is 255 g/mol. The fraction of sp³-hybridized carbons (Fsp3) is 0.929. The summed E-state index contributed by atoms with van der Waals surface area (Å²) in [7, 11) is 0. The minimum atomic E-state index is -0.399. The first-order valence-electron chi connectivity index (χ1n) is 7.26. The van der Waals surface area contributed by atoms with Gasteiger partial charge in [0.15, 0.2) is 0 Å². The number of piperidine rings is 1. The van der Waals surface area contributed by atoms with Crippen LogP contribution in [0.25, 0.3) is 0 Å². The van der Waals surface area contributed by atoms with E-state index >= 15 is 0 Å². The molecule has 0 aromatic heterocycles. The molecule has 0 bridgehead atoms. The summed E-state index contributed by atoms with van der Waals surface area (Å²) in [5, 5.41) is 3.30. The van der Waals surface area contributed by atoms with Crippen molar-refractivity contribution in [3.8, 4) is 0 Å². The second-order valence-electron chi connectivity index (χ2n) is 5.47. The molecule has 1 heterocycles. The first-order chi connectivity index (χ1) is 8.77. The van der Waals surface area contributed by atoms with Gasteiger partial charge in [0.25, 0.3) is 0 Å². The van der Waals surface area contributed by atoms with Crippen molar-refractivity contribution in [2.45, 2.75) is 51.6 Å². The van der Waals surface area contributed by atoms with Crippen LogP contribution < -0.4 is 5.32 Å². The first kappa shape index (κ1) is 13.8. The predicted octanol–water partition coefficient (Wildman–Crippen LogP) is 1.88. The average Bonchev–Trinajstić information content (AvgIpc) is 2.91. The van der Waals surface area contributed by atoms with Crippen molar-refractivity contribution < 1.29 is 14.3 Å². The normalized spacial score (nSPS) is 24.1. The van der Waals surface area contributed by atoms with Crippen molar-refractivity contribution in [3.05, 3.63) is 0 Å². The molecule has 0 atom stereocenters. The van der Waals surface area contributed by atoms with Crippen molar-refractivity contribution in [1.82, 2.24) is 5.32 Å². The smallest absolute Gasteiger partial charge is 0.314 e. The number of ether oxygens (including phenoxy) is 2. The predicted molar refractivity (Wildman–Crippen MR) is 69.4 cm³/mol. The molecule has 0 radical (unpaired) electrons. The van der Waals surface area contributed by atoms with Gasteiger partial charge in [-0.15, -0.1) is 0 Å². The van der Waals surface area contributed by atoms with Gasteiger partial charge in [0, 0.05) is 0 Å². The summed E-state index contributed by atoms with van der Waals surface area (Å²) >= 11 is 0. The maximum absolute atomic E-state index is 12.2. The van der Waals surface area contributed by atoms with Crippen molar-refractivity contribution >= 4 is 5.97 Å². The quantitative estimate of drug-likeness (QED) is 0.762. The molecular weight excluding hydrogens is 230 g/mol. The Balaban J connectivity index is 1.92. The zero-order chi connectivity index (χ0) is 12.8. The molecule has 0 amide bonds. The van der Waals surface area contributed by atoms with Crippen molar-refractivity contribution in [1.29, 1.82) is 0 Å². The molecule has 1 aliphatic heterocycles. The minimum Gasteiger partial charge on any atom is -0.465 e. The Morgan fingerprint density at radius 1 is 1.28 bits per heavy atom. The molecule has 2 aliphatic rings. The fourth-order valence-corrected chi connectivity index (χ4v) is 2.93. The molecule has 0 aromatic carbocycles. The molecular formula is C14H25NO3. The van der Waals surface area contributed by atoms with Crippen LogP contribution in [-0.2, 0) is 14.3 Å². The molecule has 2 fully saturated rings. The van der Waals surface area contributed by atoms with Crippen LogP contribution in [0.5, 0.6) is 0 Å². The summed E-state index contributed by atoms with van der Waals surface area (Å²) < 4.78 is 11.2. The van der Waals surface area contributed by atoms with Crippen LogP contribution in [-0.4, -0.2) is 38.4 Å². The molecule has 0 aromatic rings. The number of hydrogen-bond donors (Lipinski definition) is 1. The molecule has 1 saturated carbocycles. The third kappa shape index (κ3) is 3.23. The Morgan fingerprint density at radius 3 is 2.56 bits per heavy atom. The highest BCUT2D eigenvalue weighted by molar-refractivity contribution is 5.77. The van der Waals surface area contributed by atoms with Gasteiger partial charge in [0.1, 0.15) is 0 Å². The maximum Gasteiger partial charge on any atom is 0.314 e. The van der Waals surface area contributed by atoms with Crippen LogP contribution >= 0.6 is 0 Å². The van der Waals surface area contributed by atoms with Crippen LogP contribution in [0, 0.1) is 5.41 Å². The third-order valence-corrected chi connectivity index (χ3v) is 4.17. The summed E-state index contributed by atoms with van der Waals surface area (Å²) in [6.45, 7) is 4.62. The van der Waals surface area contributed by atoms with E-state index in [-0.39, 0.29) is 5.97 Å². The summed E-state index contributed by atoms with van der Waals surface area (Å²) in [5.41, 5.74) is -0.399. The Kier molecular flexibility index (Phi) is 5.01. The van der Waals surface area contributed by atoms with Crippen LogP contribution in [0.3, 0.4) is 0 Å². The first-order valence-corrected chi connectivity index (χ1v) is 7.26. The lowest BCUT2D eigenvalue weighted by Crippen LogP contribution is -2.46. The minimum absolute atomic E-state index is 0.0653. The summed E-state index contributed by atoms with van der Waals surface area (Å²) in [6, 6.07) is 0. The van der Waals surface area contributed by atoms with E-state index in [0.29, 0.717) is 19.3 Å². The molecule has 0 spiro atoms. The summed E-state index contributed by atoms with van der Waals surface area (Å²) in [5.74, 6) is -0.0653. The zero-order valence-electron chi connectivity index (χ0n) is 11.4. The lowest BCUT2D eigenvalue weighted by Gasteiger charge is -2.35. The number of carbonyl (C=O) groups is 1. The van der Waals surface area contributed by atoms with Gasteiger partial charge in [-0.1, -0.05) is 12.8 Å². The number of esters is 1. The molecule has 4 nitrogen and oxygen atoms in total. The van der Waals surface area contributed by atoms with Crippen LogP contribution in [0.15, 0.2) is 0 Å². The highest BCUT2D eigenvalue weighted by Crippen LogP contribution is 2.33. The van der Waals surface area contributed by atoms with E-state index in [0.717, 1.165) is 38.8 Å². The number of hydrogen-bond acceptors (Lipinski definition) is 4. The molecule has 2 rings (SSSR count). The van der Waals surface area contributed by atoms with Crippen molar-refractivity contribution in [2.75, 3.05) is 26.3 Å². The largest absolute Gasteiger partial charge is 0.465 e. The van der Waals surface area contributed by atoms with Crippen LogP contribution in [0.2, 0.25) is 0 Å². The van der Waals surface area contributed by atoms with Gasteiger partial charge >= 0.3 is 5.97 Å². The molecule has 1 aliphatic carbocycles. The van der Waals surface area contributed by atoms with Crippen LogP contribution in [0.1, 0.15) is 45.4 Å². The molecule has 1 saturated heterocycles. The van der Waals surface area contributed by atoms with Crippen LogP contribution in [0.4, 0.5) is 0 Å². The SMILES string of the molecule is CCOC(=O)C1(COC2CCCC2)CCNCC1. The second kappa shape index (κ2) is 6.53. The van der Waals surface area contributed by atoms with E-state index in [1.54, 1.807) is 0 Å². The van der Waals surface area contributed by atoms with Gasteiger partial charge < -0.3 is 14.8 Å².